The summed E-state index contributed by atoms with van der Waals surface area (Å²) in [7, 11) is 1.47. The highest BCUT2D eigenvalue weighted by Gasteiger charge is 2.24. The first-order valence-corrected chi connectivity index (χ1v) is 9.87. The van der Waals surface area contributed by atoms with E-state index in [0.717, 1.165) is 11.8 Å². The van der Waals surface area contributed by atoms with Gasteiger partial charge >= 0.3 is 0 Å². The molecule has 11 heteroatoms. The number of amides is 1. The van der Waals surface area contributed by atoms with E-state index in [4.69, 9.17) is 5.73 Å². The van der Waals surface area contributed by atoms with E-state index in [1.54, 1.807) is 18.2 Å². The van der Waals surface area contributed by atoms with Crippen LogP contribution < -0.4 is 11.1 Å². The molecule has 3 N–H and O–H groups in total. The largest absolute Gasteiger partial charge is 0.383 e. The fourth-order valence-electron chi connectivity index (χ4n) is 2.85. The summed E-state index contributed by atoms with van der Waals surface area (Å²) in [5.74, 6) is -4.39. The number of carbonyl (C=O) groups is 1. The lowest BCUT2D eigenvalue weighted by atomic mass is 9.96. The van der Waals surface area contributed by atoms with E-state index in [1.165, 1.54) is 13.2 Å². The summed E-state index contributed by atoms with van der Waals surface area (Å²) >= 11 is 1.04. The lowest BCUT2D eigenvalue weighted by Gasteiger charge is -2.14. The second-order valence-electron chi connectivity index (χ2n) is 6.31. The Hall–Kier alpha value is -4.09. The van der Waals surface area contributed by atoms with E-state index in [2.05, 4.69) is 15.3 Å². The van der Waals surface area contributed by atoms with Crippen LogP contribution >= 0.6 is 11.8 Å². The quantitative estimate of drug-likeness (QED) is 0.446. The normalized spacial score (nSPS) is 10.3. The molecule has 7 nitrogen and oxygen atoms in total. The number of nitriles is 2. The maximum atomic E-state index is 14.5. The first kappa shape index (κ1) is 22.6. The Balaban J connectivity index is 2.10. The Bertz CT molecular complexity index is 1320. The monoisotopic (exact) mass is 454 g/mol. The minimum absolute atomic E-state index is 0.0569. The summed E-state index contributed by atoms with van der Waals surface area (Å²) in [5.41, 5.74) is 5.39. The van der Waals surface area contributed by atoms with Gasteiger partial charge in [-0.3, -0.25) is 9.78 Å². The van der Waals surface area contributed by atoms with Gasteiger partial charge in [-0.25, -0.2) is 18.2 Å². The molecule has 0 aliphatic carbocycles. The minimum Gasteiger partial charge on any atom is -0.383 e. The molecule has 1 aromatic carbocycles. The van der Waals surface area contributed by atoms with Crippen molar-refractivity contribution in [3.8, 4) is 23.3 Å². The van der Waals surface area contributed by atoms with Gasteiger partial charge in [-0.1, -0.05) is 0 Å². The number of pyridine rings is 2. The molecule has 32 heavy (non-hydrogen) atoms. The number of halogens is 3. The van der Waals surface area contributed by atoms with Gasteiger partial charge in [0.05, 0.1) is 5.56 Å². The van der Waals surface area contributed by atoms with Crippen molar-refractivity contribution in [2.24, 2.45) is 0 Å². The molecule has 1 amide bonds. The molecule has 0 radical (unpaired) electrons. The van der Waals surface area contributed by atoms with Gasteiger partial charge in [0.1, 0.15) is 40.1 Å². The van der Waals surface area contributed by atoms with Crippen molar-refractivity contribution in [1.29, 1.82) is 10.5 Å². The Labute approximate surface area is 184 Å². The highest BCUT2D eigenvalue weighted by Crippen LogP contribution is 2.38. The number of hydrogen-bond acceptors (Lipinski definition) is 7. The second kappa shape index (κ2) is 9.37. The molecule has 0 fully saturated rings. The van der Waals surface area contributed by atoms with Crippen LogP contribution in [0.5, 0.6) is 0 Å². The summed E-state index contributed by atoms with van der Waals surface area (Å²) in [6.07, 6.45) is 1.44. The molecule has 0 bridgehead atoms. The molecular formula is C21H13F3N6OS. The summed E-state index contributed by atoms with van der Waals surface area (Å²) in [5, 5.41) is 21.7. The second-order valence-corrected chi connectivity index (χ2v) is 7.28. The average Bonchev–Trinajstić information content (AvgIpc) is 2.79. The molecule has 0 aliphatic rings. The van der Waals surface area contributed by atoms with Crippen molar-refractivity contribution in [2.75, 3.05) is 12.8 Å². The molecule has 0 saturated carbocycles. The summed E-state index contributed by atoms with van der Waals surface area (Å²) in [6, 6.07) is 7.67. The number of benzene rings is 1. The van der Waals surface area contributed by atoms with Crippen LogP contribution in [0, 0.1) is 40.1 Å². The van der Waals surface area contributed by atoms with E-state index < -0.39 is 23.0 Å². The number of nitrogens with one attached hydrogen (secondary N) is 1. The average molecular weight is 454 g/mol. The Morgan fingerprint density at radius 3 is 2.47 bits per heavy atom. The standard InChI is InChI=1S/C21H13F3N6OS/c1-28-20(31)17-4-10(2-3-29-17)9-32-21-13(8-26)18(12(7-25)19(27)30-21)11-5-15(23)16(24)6-14(11)22/h2-6H,9H2,1H3,(H2,27,30)(H,28,31). The third kappa shape index (κ3) is 4.33. The van der Waals surface area contributed by atoms with Gasteiger partial charge in [0.2, 0.25) is 0 Å². The van der Waals surface area contributed by atoms with E-state index in [1.807, 2.05) is 6.07 Å². The van der Waals surface area contributed by atoms with E-state index in [0.29, 0.717) is 17.7 Å². The van der Waals surface area contributed by atoms with Crippen molar-refractivity contribution in [2.45, 2.75) is 10.8 Å². The van der Waals surface area contributed by atoms with E-state index in [9.17, 15) is 28.5 Å². The Morgan fingerprint density at radius 2 is 1.81 bits per heavy atom. The smallest absolute Gasteiger partial charge is 0.269 e. The predicted octanol–water partition coefficient (Wildman–Crippen LogP) is 3.54. The van der Waals surface area contributed by atoms with Crippen LogP contribution in [-0.4, -0.2) is 22.9 Å². The van der Waals surface area contributed by atoms with Crippen molar-refractivity contribution < 1.29 is 18.0 Å². The summed E-state index contributed by atoms with van der Waals surface area (Å²) in [4.78, 5) is 19.8. The molecule has 2 aromatic heterocycles. The maximum absolute atomic E-state index is 14.5. The first-order chi connectivity index (χ1) is 15.3. The molecule has 0 saturated heterocycles. The van der Waals surface area contributed by atoms with Gasteiger partial charge in [0.15, 0.2) is 11.6 Å². The molecule has 160 valence electrons. The lowest BCUT2D eigenvalue weighted by Crippen LogP contribution is -2.19. The number of nitrogen functional groups attached to an aromatic ring is 1. The Kier molecular flexibility index (Phi) is 6.61. The summed E-state index contributed by atoms with van der Waals surface area (Å²) < 4.78 is 41.7. The number of aromatic nitrogens is 2. The third-order valence-corrected chi connectivity index (χ3v) is 5.40. The van der Waals surface area contributed by atoms with Crippen molar-refractivity contribution in [3.05, 3.63) is 70.3 Å². The topological polar surface area (TPSA) is 128 Å². The molecule has 0 atom stereocenters. The zero-order valence-corrected chi connectivity index (χ0v) is 17.2. The van der Waals surface area contributed by atoms with E-state index in [-0.39, 0.29) is 44.9 Å². The molecule has 0 unspecified atom stereocenters. The fraction of sp³-hybridized carbons (Fsp3) is 0.0952. The zero-order chi connectivity index (χ0) is 23.4. The van der Waals surface area contributed by atoms with E-state index >= 15 is 0 Å². The number of anilines is 1. The molecular weight excluding hydrogens is 441 g/mol. The predicted molar refractivity (Wildman–Crippen MR) is 111 cm³/mol. The maximum Gasteiger partial charge on any atom is 0.269 e. The van der Waals surface area contributed by atoms with Crippen LogP contribution in [0.2, 0.25) is 0 Å². The SMILES string of the molecule is CNC(=O)c1cc(CSc2nc(N)c(C#N)c(-c3cc(F)c(F)cc3F)c2C#N)ccn1. The van der Waals surface area contributed by atoms with Crippen molar-refractivity contribution in [3.63, 3.8) is 0 Å². The highest BCUT2D eigenvalue weighted by molar-refractivity contribution is 7.98. The van der Waals surface area contributed by atoms with Gasteiger partial charge in [-0.05, 0) is 23.8 Å². The van der Waals surface area contributed by atoms with Crippen LogP contribution in [0.4, 0.5) is 19.0 Å². The molecule has 3 rings (SSSR count). The van der Waals surface area contributed by atoms with Crippen molar-refractivity contribution >= 4 is 23.5 Å². The van der Waals surface area contributed by atoms with Crippen molar-refractivity contribution in [1.82, 2.24) is 15.3 Å². The van der Waals surface area contributed by atoms with Crippen LogP contribution in [0.1, 0.15) is 27.2 Å². The molecule has 0 spiro atoms. The highest BCUT2D eigenvalue weighted by atomic mass is 32.2. The number of thioether (sulfide) groups is 1. The number of hydrogen-bond donors (Lipinski definition) is 2. The number of nitrogens with zero attached hydrogens (tertiary/aromatic N) is 4. The van der Waals surface area contributed by atoms with Gasteiger partial charge < -0.3 is 11.1 Å². The number of nitrogens with two attached hydrogens (primary N) is 1. The first-order valence-electron chi connectivity index (χ1n) is 8.89. The van der Waals surface area contributed by atoms with Crippen LogP contribution in [0.15, 0.2) is 35.5 Å². The zero-order valence-electron chi connectivity index (χ0n) is 16.4. The van der Waals surface area contributed by atoms with Crippen LogP contribution in [0.25, 0.3) is 11.1 Å². The number of carbonyl (C=O) groups excluding carboxylic acids is 1. The summed E-state index contributed by atoms with van der Waals surface area (Å²) in [6.45, 7) is 0. The van der Waals surface area contributed by atoms with Crippen LogP contribution in [-0.2, 0) is 5.75 Å². The van der Waals surface area contributed by atoms with Crippen LogP contribution in [0.3, 0.4) is 0 Å². The third-order valence-electron chi connectivity index (χ3n) is 4.35. The van der Waals surface area contributed by atoms with Gasteiger partial charge in [-0.15, -0.1) is 11.8 Å². The van der Waals surface area contributed by atoms with Gasteiger partial charge in [0, 0.05) is 36.2 Å². The fourth-order valence-corrected chi connectivity index (χ4v) is 3.79. The lowest BCUT2D eigenvalue weighted by molar-refractivity contribution is 0.0958. The molecule has 3 aromatic rings. The number of rotatable bonds is 5. The Morgan fingerprint density at radius 1 is 1.12 bits per heavy atom. The van der Waals surface area contributed by atoms with Gasteiger partial charge in [-0.2, -0.15) is 10.5 Å². The molecule has 2 heterocycles. The van der Waals surface area contributed by atoms with Gasteiger partial charge in [0.25, 0.3) is 5.91 Å². The minimum atomic E-state index is -1.41. The molecule has 0 aliphatic heterocycles.